The molecule has 0 aromatic carbocycles. The van der Waals surface area contributed by atoms with Crippen LogP contribution in [0, 0.1) is 0 Å². The minimum absolute atomic E-state index is 0.0316. The molecule has 0 saturated carbocycles. The summed E-state index contributed by atoms with van der Waals surface area (Å²) in [6.45, 7) is 3.29. The highest BCUT2D eigenvalue weighted by Gasteiger charge is 2.50. The fourth-order valence-electron chi connectivity index (χ4n) is 2.58. The Morgan fingerprint density at radius 1 is 1.32 bits per heavy atom. The van der Waals surface area contributed by atoms with Gasteiger partial charge in [0.25, 0.3) is 11.8 Å². The second kappa shape index (κ2) is 9.67. The Hall–Kier alpha value is -3.17. The number of halogens is 3. The highest BCUT2D eigenvalue weighted by Crippen LogP contribution is 2.27. The van der Waals surface area contributed by atoms with E-state index in [0.717, 1.165) is 0 Å². The minimum Gasteiger partial charge on any atom is -0.351 e. The summed E-state index contributed by atoms with van der Waals surface area (Å²) >= 11 is 0. The number of imidazole rings is 1. The average molecular weight is 395 g/mol. The molecule has 2 aromatic rings. The van der Waals surface area contributed by atoms with Gasteiger partial charge in [0.05, 0.1) is 11.9 Å². The van der Waals surface area contributed by atoms with Gasteiger partial charge in [-0.15, -0.1) is 6.58 Å². The third-order valence-corrected chi connectivity index (χ3v) is 3.83. The standard InChI is InChI=1S/C18H20F3N5O2/c1-2-6-24-16(27)15(18(19,20)21)26(10-4-9-25-11-8-23-13-25)17(28)14-5-3-7-22-12-14/h2-3,5,7-8,11-13,15H,1,4,6,9-10H2,(H,24,27). The third kappa shape index (κ3) is 5.66. The Bertz CT molecular complexity index is 778. The summed E-state index contributed by atoms with van der Waals surface area (Å²) in [5.74, 6) is -2.23. The summed E-state index contributed by atoms with van der Waals surface area (Å²) in [5, 5.41) is 2.13. The van der Waals surface area contributed by atoms with Crippen LogP contribution < -0.4 is 5.32 Å². The molecular formula is C18H20F3N5O2. The number of pyridine rings is 1. The van der Waals surface area contributed by atoms with Gasteiger partial charge in [-0.3, -0.25) is 14.6 Å². The van der Waals surface area contributed by atoms with Gasteiger partial charge in [-0.05, 0) is 18.6 Å². The van der Waals surface area contributed by atoms with Gasteiger partial charge in [-0.2, -0.15) is 13.2 Å². The predicted octanol–water partition coefficient (Wildman–Crippen LogP) is 2.04. The molecule has 0 spiro atoms. The molecule has 2 heterocycles. The fourth-order valence-corrected chi connectivity index (χ4v) is 2.58. The topological polar surface area (TPSA) is 80.1 Å². The SMILES string of the molecule is C=CCNC(=O)C(N(CCCn1ccnc1)C(=O)c1cccnc1)C(F)(F)F. The van der Waals surface area contributed by atoms with Gasteiger partial charge in [-0.1, -0.05) is 6.08 Å². The summed E-state index contributed by atoms with van der Waals surface area (Å²) in [6, 6.07) is 0.174. The number of carbonyl (C=O) groups excluding carboxylic acids is 2. The van der Waals surface area contributed by atoms with E-state index in [9.17, 15) is 22.8 Å². The number of aromatic nitrogens is 3. The van der Waals surface area contributed by atoms with Gasteiger partial charge in [0.15, 0.2) is 0 Å². The molecule has 1 atom stereocenters. The molecule has 2 rings (SSSR count). The van der Waals surface area contributed by atoms with Crippen molar-refractivity contribution in [1.82, 2.24) is 24.8 Å². The van der Waals surface area contributed by atoms with Gasteiger partial charge < -0.3 is 14.8 Å². The number of amides is 2. The number of alkyl halides is 3. The van der Waals surface area contributed by atoms with E-state index < -0.39 is 24.0 Å². The quantitative estimate of drug-likeness (QED) is 0.659. The highest BCUT2D eigenvalue weighted by molar-refractivity contribution is 5.97. The minimum atomic E-state index is -4.95. The van der Waals surface area contributed by atoms with Crippen molar-refractivity contribution in [2.24, 2.45) is 0 Å². The third-order valence-electron chi connectivity index (χ3n) is 3.83. The predicted molar refractivity (Wildman–Crippen MR) is 95.2 cm³/mol. The van der Waals surface area contributed by atoms with Crippen LogP contribution in [0.4, 0.5) is 13.2 Å². The molecule has 0 aliphatic carbocycles. The van der Waals surface area contributed by atoms with Crippen molar-refractivity contribution < 1.29 is 22.8 Å². The second-order valence-electron chi connectivity index (χ2n) is 5.87. The summed E-state index contributed by atoms with van der Waals surface area (Å²) < 4.78 is 42.8. The molecule has 0 fully saturated rings. The maximum absolute atomic E-state index is 13.7. The molecule has 7 nitrogen and oxygen atoms in total. The molecule has 0 radical (unpaired) electrons. The van der Waals surface area contributed by atoms with E-state index in [1.165, 1.54) is 36.9 Å². The summed E-state index contributed by atoms with van der Waals surface area (Å²) in [7, 11) is 0. The van der Waals surface area contributed by atoms with Crippen molar-refractivity contribution in [3.8, 4) is 0 Å². The average Bonchev–Trinajstić information content (AvgIpc) is 3.18. The summed E-state index contributed by atoms with van der Waals surface area (Å²) in [4.78, 5) is 33.1. The van der Waals surface area contributed by atoms with Crippen LogP contribution in [0.2, 0.25) is 0 Å². The van der Waals surface area contributed by atoms with E-state index in [-0.39, 0.29) is 25.1 Å². The Morgan fingerprint density at radius 2 is 2.11 bits per heavy atom. The zero-order chi connectivity index (χ0) is 20.6. The van der Waals surface area contributed by atoms with E-state index in [1.54, 1.807) is 17.0 Å². The van der Waals surface area contributed by atoms with Crippen molar-refractivity contribution in [3.63, 3.8) is 0 Å². The molecule has 0 saturated heterocycles. The monoisotopic (exact) mass is 395 g/mol. The number of nitrogens with zero attached hydrogens (tertiary/aromatic N) is 4. The molecule has 0 aliphatic rings. The van der Waals surface area contributed by atoms with E-state index in [1.807, 2.05) is 0 Å². The number of rotatable bonds is 9. The van der Waals surface area contributed by atoms with Gasteiger partial charge in [0.1, 0.15) is 0 Å². The normalized spacial score (nSPS) is 12.2. The van der Waals surface area contributed by atoms with Crippen LogP contribution in [-0.2, 0) is 11.3 Å². The molecule has 1 unspecified atom stereocenters. The largest absolute Gasteiger partial charge is 0.417 e. The van der Waals surface area contributed by atoms with Crippen molar-refractivity contribution in [2.75, 3.05) is 13.1 Å². The van der Waals surface area contributed by atoms with Gasteiger partial charge in [0, 0.05) is 44.4 Å². The van der Waals surface area contributed by atoms with Crippen LogP contribution in [0.3, 0.4) is 0 Å². The van der Waals surface area contributed by atoms with Crippen molar-refractivity contribution in [1.29, 1.82) is 0 Å². The first-order chi connectivity index (χ1) is 13.3. The number of aryl methyl sites for hydroxylation is 1. The van der Waals surface area contributed by atoms with Crippen molar-refractivity contribution in [3.05, 3.63) is 61.5 Å². The highest BCUT2D eigenvalue weighted by atomic mass is 19.4. The van der Waals surface area contributed by atoms with Crippen LogP contribution in [0.1, 0.15) is 16.8 Å². The zero-order valence-electron chi connectivity index (χ0n) is 15.0. The first kappa shape index (κ1) is 21.1. The van der Waals surface area contributed by atoms with Crippen LogP contribution in [0.25, 0.3) is 0 Å². The Kier molecular flexibility index (Phi) is 7.30. The molecule has 2 amide bonds. The molecule has 2 aromatic heterocycles. The lowest BCUT2D eigenvalue weighted by Crippen LogP contribution is -2.57. The fraction of sp³-hybridized carbons (Fsp3) is 0.333. The maximum Gasteiger partial charge on any atom is 0.417 e. The molecule has 28 heavy (non-hydrogen) atoms. The smallest absolute Gasteiger partial charge is 0.351 e. The molecule has 0 aliphatic heterocycles. The van der Waals surface area contributed by atoms with E-state index in [0.29, 0.717) is 11.4 Å². The van der Waals surface area contributed by atoms with E-state index >= 15 is 0 Å². The van der Waals surface area contributed by atoms with Crippen LogP contribution >= 0.6 is 0 Å². The maximum atomic E-state index is 13.7. The summed E-state index contributed by atoms with van der Waals surface area (Å²) in [5.41, 5.74) is -0.0316. The van der Waals surface area contributed by atoms with Gasteiger partial charge in [0.2, 0.25) is 6.04 Å². The molecule has 10 heteroatoms. The molecule has 0 bridgehead atoms. The zero-order valence-corrected chi connectivity index (χ0v) is 15.0. The van der Waals surface area contributed by atoms with E-state index in [4.69, 9.17) is 0 Å². The van der Waals surface area contributed by atoms with Crippen molar-refractivity contribution >= 4 is 11.8 Å². The van der Waals surface area contributed by atoms with Gasteiger partial charge in [-0.25, -0.2) is 4.98 Å². The molecule has 1 N–H and O–H groups in total. The lowest BCUT2D eigenvalue weighted by molar-refractivity contribution is -0.184. The van der Waals surface area contributed by atoms with Crippen LogP contribution in [0.15, 0.2) is 55.9 Å². The molecule has 150 valence electrons. The molecular weight excluding hydrogens is 375 g/mol. The Balaban J connectivity index is 2.28. The summed E-state index contributed by atoms with van der Waals surface area (Å²) in [6.07, 6.45) is 3.80. The second-order valence-corrected chi connectivity index (χ2v) is 5.87. The van der Waals surface area contributed by atoms with E-state index in [2.05, 4.69) is 21.9 Å². The number of nitrogens with one attached hydrogen (secondary N) is 1. The first-order valence-electron chi connectivity index (χ1n) is 8.46. The Morgan fingerprint density at radius 3 is 2.68 bits per heavy atom. The number of hydrogen-bond donors (Lipinski definition) is 1. The number of hydrogen-bond acceptors (Lipinski definition) is 4. The Labute approximate surface area is 159 Å². The van der Waals surface area contributed by atoms with Gasteiger partial charge >= 0.3 is 6.18 Å². The van der Waals surface area contributed by atoms with Crippen LogP contribution in [0.5, 0.6) is 0 Å². The van der Waals surface area contributed by atoms with Crippen molar-refractivity contribution in [2.45, 2.75) is 25.2 Å². The van der Waals surface area contributed by atoms with Crippen LogP contribution in [-0.4, -0.2) is 56.6 Å². The lowest BCUT2D eigenvalue weighted by Gasteiger charge is -2.32. The number of carbonyl (C=O) groups is 2. The first-order valence-corrected chi connectivity index (χ1v) is 8.46. The lowest BCUT2D eigenvalue weighted by atomic mass is 10.1.